The number of ether oxygens (including phenoxy) is 1. The van der Waals surface area contributed by atoms with E-state index in [0.717, 1.165) is 22.9 Å². The zero-order valence-corrected chi connectivity index (χ0v) is 11.9. The molecule has 1 atom stereocenters. The summed E-state index contributed by atoms with van der Waals surface area (Å²) in [7, 11) is 1.71. The van der Waals surface area contributed by atoms with Gasteiger partial charge in [-0.3, -0.25) is 5.10 Å². The molecule has 0 radical (unpaired) electrons. The predicted octanol–water partition coefficient (Wildman–Crippen LogP) is 2.04. The number of nitrogens with one attached hydrogen (secondary N) is 2. The maximum Gasteiger partial charge on any atom is 0.203 e. The summed E-state index contributed by atoms with van der Waals surface area (Å²) in [6.07, 6.45) is 3.87. The molecule has 0 spiro atoms. The van der Waals surface area contributed by atoms with Crippen LogP contribution in [0.3, 0.4) is 0 Å². The minimum Gasteiger partial charge on any atom is -0.383 e. The van der Waals surface area contributed by atoms with E-state index < -0.39 is 0 Å². The Labute approximate surface area is 113 Å². The molecule has 2 aromatic rings. The first-order valence-electron chi connectivity index (χ1n) is 6.39. The molecule has 19 heavy (non-hydrogen) atoms. The molecule has 2 heterocycles. The predicted molar refractivity (Wildman–Crippen MR) is 74.2 cm³/mol. The van der Waals surface area contributed by atoms with Gasteiger partial charge < -0.3 is 14.6 Å². The van der Waals surface area contributed by atoms with Gasteiger partial charge in [-0.05, 0) is 20.8 Å². The lowest BCUT2D eigenvalue weighted by Crippen LogP contribution is -2.14. The second-order valence-corrected chi connectivity index (χ2v) is 4.79. The van der Waals surface area contributed by atoms with E-state index in [9.17, 15) is 0 Å². The van der Waals surface area contributed by atoms with E-state index in [1.807, 2.05) is 26.2 Å². The molecule has 104 valence electrons. The standard InChI is InChI=1S/C13H21N5O/c1-9-7-18(10(2)8-19-4)13(16-9)14-5-12-6-15-17-11(12)3/h6-7,10H,5,8H2,1-4H3,(H,14,16)(H,15,17). The van der Waals surface area contributed by atoms with Gasteiger partial charge in [-0.15, -0.1) is 0 Å². The van der Waals surface area contributed by atoms with Gasteiger partial charge in [0, 0.05) is 31.1 Å². The Balaban J connectivity index is 2.09. The Morgan fingerprint density at radius 2 is 2.26 bits per heavy atom. The third-order valence-electron chi connectivity index (χ3n) is 3.11. The average Bonchev–Trinajstić information content (AvgIpc) is 2.93. The molecule has 0 saturated heterocycles. The van der Waals surface area contributed by atoms with Crippen molar-refractivity contribution < 1.29 is 4.74 Å². The Bertz CT molecular complexity index is 531. The van der Waals surface area contributed by atoms with Gasteiger partial charge in [-0.2, -0.15) is 5.10 Å². The first kappa shape index (κ1) is 13.6. The smallest absolute Gasteiger partial charge is 0.203 e. The van der Waals surface area contributed by atoms with Gasteiger partial charge in [0.1, 0.15) is 0 Å². The Morgan fingerprint density at radius 3 is 2.89 bits per heavy atom. The van der Waals surface area contributed by atoms with Crippen LogP contribution in [0.2, 0.25) is 0 Å². The Morgan fingerprint density at radius 1 is 1.47 bits per heavy atom. The number of aromatic amines is 1. The Hall–Kier alpha value is -1.82. The highest BCUT2D eigenvalue weighted by molar-refractivity contribution is 5.32. The monoisotopic (exact) mass is 263 g/mol. The van der Waals surface area contributed by atoms with Crippen molar-refractivity contribution in [1.82, 2.24) is 19.7 Å². The number of hydrogen-bond acceptors (Lipinski definition) is 4. The SMILES string of the molecule is COCC(C)n1cc(C)nc1NCc1cn[nH]c1C. The average molecular weight is 263 g/mol. The summed E-state index contributed by atoms with van der Waals surface area (Å²) in [6.45, 7) is 7.48. The second kappa shape index (κ2) is 5.88. The molecule has 2 rings (SSSR count). The maximum absolute atomic E-state index is 5.20. The number of rotatable bonds is 6. The van der Waals surface area contributed by atoms with Crippen molar-refractivity contribution in [2.45, 2.75) is 33.4 Å². The maximum atomic E-state index is 5.20. The summed E-state index contributed by atoms with van der Waals surface area (Å²) < 4.78 is 7.31. The van der Waals surface area contributed by atoms with Crippen LogP contribution in [0, 0.1) is 13.8 Å². The van der Waals surface area contributed by atoms with Crippen LogP contribution in [0.25, 0.3) is 0 Å². The number of imidazole rings is 1. The van der Waals surface area contributed by atoms with Crippen molar-refractivity contribution in [3.63, 3.8) is 0 Å². The number of aromatic nitrogens is 4. The fraction of sp³-hybridized carbons (Fsp3) is 0.538. The lowest BCUT2D eigenvalue weighted by molar-refractivity contribution is 0.163. The van der Waals surface area contributed by atoms with E-state index in [1.54, 1.807) is 7.11 Å². The van der Waals surface area contributed by atoms with Gasteiger partial charge in [0.25, 0.3) is 0 Å². The van der Waals surface area contributed by atoms with E-state index in [1.165, 1.54) is 0 Å². The summed E-state index contributed by atoms with van der Waals surface area (Å²) in [4.78, 5) is 4.51. The molecule has 6 nitrogen and oxygen atoms in total. The van der Waals surface area contributed by atoms with E-state index in [-0.39, 0.29) is 6.04 Å². The number of aryl methyl sites for hydroxylation is 2. The van der Waals surface area contributed by atoms with Crippen LogP contribution in [0.5, 0.6) is 0 Å². The van der Waals surface area contributed by atoms with Crippen molar-refractivity contribution in [1.29, 1.82) is 0 Å². The van der Waals surface area contributed by atoms with Crippen LogP contribution in [0.15, 0.2) is 12.4 Å². The van der Waals surface area contributed by atoms with Gasteiger partial charge in [-0.25, -0.2) is 4.98 Å². The highest BCUT2D eigenvalue weighted by Gasteiger charge is 2.12. The zero-order valence-electron chi connectivity index (χ0n) is 11.9. The molecular formula is C13H21N5O. The number of anilines is 1. The lowest BCUT2D eigenvalue weighted by atomic mass is 10.3. The normalized spacial score (nSPS) is 12.6. The summed E-state index contributed by atoms with van der Waals surface area (Å²) in [5, 5.41) is 10.3. The minimum absolute atomic E-state index is 0.249. The van der Waals surface area contributed by atoms with Gasteiger partial charge >= 0.3 is 0 Å². The highest BCUT2D eigenvalue weighted by Crippen LogP contribution is 2.17. The third kappa shape index (κ3) is 3.14. The van der Waals surface area contributed by atoms with Crippen LogP contribution in [-0.4, -0.2) is 33.5 Å². The van der Waals surface area contributed by atoms with Crippen LogP contribution in [0.1, 0.15) is 29.9 Å². The first-order valence-corrected chi connectivity index (χ1v) is 6.39. The van der Waals surface area contributed by atoms with Gasteiger partial charge in [-0.1, -0.05) is 0 Å². The quantitative estimate of drug-likeness (QED) is 0.837. The zero-order chi connectivity index (χ0) is 13.8. The number of hydrogen-bond donors (Lipinski definition) is 2. The molecule has 0 amide bonds. The largest absolute Gasteiger partial charge is 0.383 e. The van der Waals surface area contributed by atoms with Crippen LogP contribution in [0.4, 0.5) is 5.95 Å². The molecule has 0 aromatic carbocycles. The topological polar surface area (TPSA) is 67.8 Å². The van der Waals surface area contributed by atoms with Crippen molar-refractivity contribution in [3.05, 3.63) is 29.3 Å². The molecule has 2 N–H and O–H groups in total. The summed E-state index contributed by atoms with van der Waals surface area (Å²) in [5.74, 6) is 0.864. The minimum atomic E-state index is 0.249. The van der Waals surface area contributed by atoms with Gasteiger partial charge in [0.15, 0.2) is 0 Å². The van der Waals surface area contributed by atoms with Crippen LogP contribution >= 0.6 is 0 Å². The molecule has 0 fully saturated rings. The fourth-order valence-corrected chi connectivity index (χ4v) is 2.03. The molecule has 6 heteroatoms. The van der Waals surface area contributed by atoms with E-state index >= 15 is 0 Å². The molecule has 0 saturated carbocycles. The third-order valence-corrected chi connectivity index (χ3v) is 3.11. The molecule has 0 aliphatic carbocycles. The number of nitrogens with zero attached hydrogens (tertiary/aromatic N) is 3. The van der Waals surface area contributed by atoms with E-state index in [0.29, 0.717) is 13.2 Å². The highest BCUT2D eigenvalue weighted by atomic mass is 16.5. The molecule has 0 aliphatic heterocycles. The Kier molecular flexibility index (Phi) is 4.21. The van der Waals surface area contributed by atoms with Crippen LogP contribution in [-0.2, 0) is 11.3 Å². The molecule has 2 aromatic heterocycles. The lowest BCUT2D eigenvalue weighted by Gasteiger charge is -2.16. The molecular weight excluding hydrogens is 242 g/mol. The molecule has 0 aliphatic rings. The molecule has 1 unspecified atom stereocenters. The van der Waals surface area contributed by atoms with Gasteiger partial charge in [0.05, 0.1) is 24.5 Å². The van der Waals surface area contributed by atoms with E-state index in [2.05, 4.69) is 32.0 Å². The van der Waals surface area contributed by atoms with Crippen LogP contribution < -0.4 is 5.32 Å². The van der Waals surface area contributed by atoms with Crippen molar-refractivity contribution in [2.75, 3.05) is 19.0 Å². The summed E-state index contributed by atoms with van der Waals surface area (Å²) in [6, 6.07) is 0.249. The van der Waals surface area contributed by atoms with Gasteiger partial charge in [0.2, 0.25) is 5.95 Å². The van der Waals surface area contributed by atoms with Crippen molar-refractivity contribution in [2.24, 2.45) is 0 Å². The first-order chi connectivity index (χ1) is 9.11. The number of H-pyrrole nitrogens is 1. The van der Waals surface area contributed by atoms with Crippen molar-refractivity contribution >= 4 is 5.95 Å². The van der Waals surface area contributed by atoms with Crippen molar-refractivity contribution in [3.8, 4) is 0 Å². The fourth-order valence-electron chi connectivity index (χ4n) is 2.03. The number of methoxy groups -OCH3 is 1. The second-order valence-electron chi connectivity index (χ2n) is 4.79. The molecule has 0 bridgehead atoms. The van der Waals surface area contributed by atoms with E-state index in [4.69, 9.17) is 4.74 Å². The summed E-state index contributed by atoms with van der Waals surface area (Å²) in [5.41, 5.74) is 3.22. The summed E-state index contributed by atoms with van der Waals surface area (Å²) >= 11 is 0.